The van der Waals surface area contributed by atoms with E-state index in [1.807, 2.05) is 18.2 Å². The van der Waals surface area contributed by atoms with Crippen molar-refractivity contribution in [2.75, 3.05) is 18.9 Å². The summed E-state index contributed by atoms with van der Waals surface area (Å²) in [4.78, 5) is 0.947. The third-order valence-electron chi connectivity index (χ3n) is 4.60. The Morgan fingerprint density at radius 1 is 0.844 bits per heavy atom. The van der Waals surface area contributed by atoms with Crippen LogP contribution in [0.25, 0.3) is 0 Å². The van der Waals surface area contributed by atoms with Crippen LogP contribution < -0.4 is 14.2 Å². The molecule has 0 aliphatic rings. The number of ether oxygens (including phenoxy) is 2. The van der Waals surface area contributed by atoms with Gasteiger partial charge in [0.25, 0.3) is 10.0 Å². The molecule has 0 unspecified atom stereocenters. The lowest BCUT2D eigenvalue weighted by Gasteiger charge is -2.11. The van der Waals surface area contributed by atoms with Crippen LogP contribution >= 0.6 is 35.4 Å². The summed E-state index contributed by atoms with van der Waals surface area (Å²) in [6.07, 6.45) is 1.13. The lowest BCUT2D eigenvalue weighted by molar-refractivity contribution is 0.354. The van der Waals surface area contributed by atoms with E-state index >= 15 is 0 Å². The first-order valence-electron chi connectivity index (χ1n) is 9.50. The quantitative estimate of drug-likeness (QED) is 0.360. The molecule has 168 valence electrons. The summed E-state index contributed by atoms with van der Waals surface area (Å²) >= 11 is 17.4. The van der Waals surface area contributed by atoms with Gasteiger partial charge in [0.05, 0.1) is 24.8 Å². The van der Waals surface area contributed by atoms with Gasteiger partial charge in [0, 0.05) is 27.8 Å². The normalized spacial score (nSPS) is 11.1. The summed E-state index contributed by atoms with van der Waals surface area (Å²) in [6.45, 7) is 0. The second-order valence-corrected chi connectivity index (χ2v) is 10.1. The zero-order valence-electron chi connectivity index (χ0n) is 17.4. The van der Waals surface area contributed by atoms with Gasteiger partial charge in [-0.25, -0.2) is 8.42 Å². The molecule has 3 aromatic carbocycles. The summed E-state index contributed by atoms with van der Waals surface area (Å²) in [5, 5.41) is 0.682. The average Bonchev–Trinajstić information content (AvgIpc) is 2.72. The standard InChI is InChI=1S/C23H21Cl2NO4S2/c1-29-22-8-5-16(11-23(22)30-2)10-20(31)9-15-3-6-21(7-4-15)32(27,28)26-19-13-17(24)12-18(25)14-19/h3-8,11-14,26H,9-10H2,1-2H3. The van der Waals surface area contributed by atoms with Crippen LogP contribution in [0.15, 0.2) is 65.6 Å². The molecule has 0 atom stereocenters. The van der Waals surface area contributed by atoms with E-state index in [1.54, 1.807) is 38.5 Å². The minimum absolute atomic E-state index is 0.128. The number of hydrogen-bond donors (Lipinski definition) is 1. The highest BCUT2D eigenvalue weighted by molar-refractivity contribution is 7.92. The molecule has 0 amide bonds. The summed E-state index contributed by atoms with van der Waals surface area (Å²) in [7, 11) is -0.603. The van der Waals surface area contributed by atoms with Crippen molar-refractivity contribution < 1.29 is 17.9 Å². The average molecular weight is 510 g/mol. The maximum Gasteiger partial charge on any atom is 0.261 e. The van der Waals surface area contributed by atoms with Crippen LogP contribution in [0, 0.1) is 0 Å². The molecular formula is C23H21Cl2NO4S2. The highest BCUT2D eigenvalue weighted by Gasteiger charge is 2.15. The zero-order valence-corrected chi connectivity index (χ0v) is 20.5. The van der Waals surface area contributed by atoms with Crippen molar-refractivity contribution in [3.8, 4) is 11.5 Å². The predicted octanol–water partition coefficient (Wildman–Crippen LogP) is 5.97. The number of methoxy groups -OCH3 is 2. The predicted molar refractivity (Wildman–Crippen MR) is 133 cm³/mol. The Bertz CT molecular complexity index is 1210. The van der Waals surface area contributed by atoms with E-state index in [9.17, 15) is 8.42 Å². The Kier molecular flexibility index (Phi) is 8.00. The van der Waals surface area contributed by atoms with E-state index in [2.05, 4.69) is 4.72 Å². The van der Waals surface area contributed by atoms with Gasteiger partial charge in [0.2, 0.25) is 0 Å². The van der Waals surface area contributed by atoms with Crippen LogP contribution in [-0.4, -0.2) is 27.5 Å². The van der Waals surface area contributed by atoms with E-state index in [-0.39, 0.29) is 4.90 Å². The number of nitrogens with one attached hydrogen (secondary N) is 1. The van der Waals surface area contributed by atoms with Crippen LogP contribution in [-0.2, 0) is 22.9 Å². The number of rotatable bonds is 9. The van der Waals surface area contributed by atoms with Gasteiger partial charge >= 0.3 is 0 Å². The summed E-state index contributed by atoms with van der Waals surface area (Å²) in [6, 6.07) is 16.8. The molecule has 0 aliphatic carbocycles. The van der Waals surface area contributed by atoms with Crippen LogP contribution in [0.5, 0.6) is 11.5 Å². The topological polar surface area (TPSA) is 64.6 Å². The van der Waals surface area contributed by atoms with Crippen molar-refractivity contribution in [1.29, 1.82) is 0 Å². The molecule has 0 radical (unpaired) electrons. The second kappa shape index (κ2) is 10.5. The van der Waals surface area contributed by atoms with Crippen LogP contribution in [0.1, 0.15) is 11.1 Å². The molecular weight excluding hydrogens is 489 g/mol. The number of benzene rings is 3. The van der Waals surface area contributed by atoms with E-state index in [4.69, 9.17) is 44.9 Å². The zero-order chi connectivity index (χ0) is 23.3. The van der Waals surface area contributed by atoms with Gasteiger partial charge in [-0.1, -0.05) is 53.6 Å². The number of anilines is 1. The fourth-order valence-electron chi connectivity index (χ4n) is 3.12. The Morgan fingerprint density at radius 3 is 2.00 bits per heavy atom. The molecule has 0 saturated heterocycles. The van der Waals surface area contributed by atoms with Crippen molar-refractivity contribution in [2.45, 2.75) is 17.7 Å². The molecule has 9 heteroatoms. The van der Waals surface area contributed by atoms with E-state index in [0.717, 1.165) is 16.0 Å². The molecule has 0 heterocycles. The second-order valence-electron chi connectivity index (χ2n) is 6.99. The van der Waals surface area contributed by atoms with Gasteiger partial charge in [-0.3, -0.25) is 4.72 Å². The highest BCUT2D eigenvalue weighted by Crippen LogP contribution is 2.28. The Balaban J connectivity index is 1.66. The van der Waals surface area contributed by atoms with Crippen molar-refractivity contribution in [3.63, 3.8) is 0 Å². The molecule has 1 N–H and O–H groups in total. The molecule has 3 rings (SSSR count). The molecule has 0 fully saturated rings. The molecule has 0 aromatic heterocycles. The van der Waals surface area contributed by atoms with Crippen molar-refractivity contribution in [3.05, 3.63) is 81.8 Å². The number of halogens is 2. The van der Waals surface area contributed by atoms with Gasteiger partial charge < -0.3 is 9.47 Å². The van der Waals surface area contributed by atoms with Crippen molar-refractivity contribution >= 4 is 56.0 Å². The largest absolute Gasteiger partial charge is 0.493 e. The lowest BCUT2D eigenvalue weighted by atomic mass is 10.0. The first-order chi connectivity index (χ1) is 15.2. The maximum atomic E-state index is 12.7. The third kappa shape index (κ3) is 6.36. The summed E-state index contributed by atoms with van der Waals surface area (Å²) < 4.78 is 38.4. The third-order valence-corrected chi connectivity index (χ3v) is 6.72. The first-order valence-corrected chi connectivity index (χ1v) is 12.2. The van der Waals surface area contributed by atoms with Crippen molar-refractivity contribution in [1.82, 2.24) is 0 Å². The van der Waals surface area contributed by atoms with Crippen LogP contribution in [0.4, 0.5) is 5.69 Å². The highest BCUT2D eigenvalue weighted by atomic mass is 35.5. The van der Waals surface area contributed by atoms with Gasteiger partial charge in [-0.05, 0) is 53.6 Å². The molecule has 3 aromatic rings. The maximum absolute atomic E-state index is 12.7. The fraction of sp³-hybridized carbons (Fsp3) is 0.174. The van der Waals surface area contributed by atoms with Gasteiger partial charge in [-0.2, -0.15) is 0 Å². The minimum atomic E-state index is -3.78. The Hall–Kier alpha value is -2.32. The monoisotopic (exact) mass is 509 g/mol. The van der Waals surface area contributed by atoms with Crippen LogP contribution in [0.3, 0.4) is 0 Å². The Morgan fingerprint density at radius 2 is 1.41 bits per heavy atom. The number of sulfonamides is 1. The molecule has 32 heavy (non-hydrogen) atoms. The summed E-state index contributed by atoms with van der Waals surface area (Å²) in [5.41, 5.74) is 2.22. The number of thiocarbonyl (C=S) groups is 1. The Labute approximate surface area is 203 Å². The minimum Gasteiger partial charge on any atom is -0.493 e. The first kappa shape index (κ1) is 24.3. The molecule has 0 aliphatic heterocycles. The molecule has 0 saturated carbocycles. The number of hydrogen-bond acceptors (Lipinski definition) is 5. The van der Waals surface area contributed by atoms with Gasteiger partial charge in [0.1, 0.15) is 0 Å². The van der Waals surface area contributed by atoms with Gasteiger partial charge in [-0.15, -0.1) is 0 Å². The SMILES string of the molecule is COc1ccc(CC(=S)Cc2ccc(S(=O)(=O)Nc3cc(Cl)cc(Cl)c3)cc2)cc1OC. The van der Waals surface area contributed by atoms with E-state index in [1.165, 1.54) is 18.2 Å². The van der Waals surface area contributed by atoms with Crippen molar-refractivity contribution in [2.24, 2.45) is 0 Å². The van der Waals surface area contributed by atoms with Crippen LogP contribution in [0.2, 0.25) is 10.0 Å². The summed E-state index contributed by atoms with van der Waals surface area (Å²) in [5.74, 6) is 1.31. The lowest BCUT2D eigenvalue weighted by Crippen LogP contribution is -2.13. The van der Waals surface area contributed by atoms with E-state index in [0.29, 0.717) is 40.1 Å². The molecule has 0 spiro atoms. The van der Waals surface area contributed by atoms with Gasteiger partial charge in [0.15, 0.2) is 11.5 Å². The fourth-order valence-corrected chi connectivity index (χ4v) is 5.02. The molecule has 5 nitrogen and oxygen atoms in total. The molecule has 0 bridgehead atoms. The smallest absolute Gasteiger partial charge is 0.261 e. The van der Waals surface area contributed by atoms with E-state index < -0.39 is 10.0 Å².